The minimum atomic E-state index is 0. The van der Waals surface area contributed by atoms with Gasteiger partial charge in [0.05, 0.1) is 0 Å². The largest absolute Gasteiger partial charge is 2.00 e. The first kappa shape index (κ1) is 16.8. The second kappa shape index (κ2) is 22.7. The molecule has 2 nitrogen and oxygen atoms in total. The second-order valence-electron chi connectivity index (χ2n) is 1.50. The fourth-order valence-corrected chi connectivity index (χ4v) is 0. The molecule has 0 amide bonds. The summed E-state index contributed by atoms with van der Waals surface area (Å²) in [5, 5.41) is 0. The molecule has 2 N–H and O–H groups in total. The van der Waals surface area contributed by atoms with Crippen molar-refractivity contribution in [3.05, 3.63) is 11.5 Å². The predicted molar refractivity (Wildman–Crippen MR) is 44.7 cm³/mol. The van der Waals surface area contributed by atoms with Gasteiger partial charge < -0.3 is 11.5 Å². The van der Waals surface area contributed by atoms with Gasteiger partial charge in [0.25, 0.3) is 0 Å². The summed E-state index contributed by atoms with van der Waals surface area (Å²) in [6.07, 6.45) is 1.97. The van der Waals surface area contributed by atoms with E-state index in [-0.39, 0.29) is 45.5 Å². The molecule has 0 atom stereocenters. The van der Waals surface area contributed by atoms with Crippen molar-refractivity contribution in [2.24, 2.45) is 0 Å². The van der Waals surface area contributed by atoms with Crippen molar-refractivity contribution in [1.29, 1.82) is 0 Å². The Morgan fingerprint density at radius 2 is 1.00 bits per heavy atom. The van der Waals surface area contributed by atoms with Crippen LogP contribution in [0, 0.1) is 0 Å². The molecule has 0 rings (SSSR count). The quantitative estimate of drug-likeness (QED) is 0.620. The fourth-order valence-electron chi connectivity index (χ4n) is 0. The molecule has 0 bridgehead atoms. The van der Waals surface area contributed by atoms with E-state index < -0.39 is 0 Å². The van der Waals surface area contributed by atoms with Crippen molar-refractivity contribution < 1.29 is 0 Å². The average Bonchev–Trinajstić information content (AvgIpc) is 1.88. The van der Waals surface area contributed by atoms with E-state index in [1.807, 2.05) is 13.8 Å². The molecule has 0 aliphatic carbocycles. The van der Waals surface area contributed by atoms with Gasteiger partial charge in [0.2, 0.25) is 0 Å². The number of hydrogen-bond acceptors (Lipinski definition) is 0. The van der Waals surface area contributed by atoms with Gasteiger partial charge >= 0.3 is 45.5 Å². The van der Waals surface area contributed by atoms with Crippen LogP contribution >= 0.6 is 0 Å². The maximum atomic E-state index is 6.45. The van der Waals surface area contributed by atoms with Gasteiger partial charge in [0, 0.05) is 0 Å². The molecule has 3 heteroatoms. The van der Waals surface area contributed by atoms with Gasteiger partial charge in [0.15, 0.2) is 0 Å². The van der Waals surface area contributed by atoms with Crippen LogP contribution in [0.25, 0.3) is 11.5 Å². The summed E-state index contributed by atoms with van der Waals surface area (Å²) in [5.41, 5.74) is 12.9. The summed E-state index contributed by atoms with van der Waals surface area (Å²) < 4.78 is 0. The predicted octanol–water partition coefficient (Wildman–Crippen LogP) is 2.52. The summed E-state index contributed by atoms with van der Waals surface area (Å²) in [6, 6.07) is 0. The first-order valence-corrected chi connectivity index (χ1v) is 3.12. The molecular formula is C6H16N2Sr. The van der Waals surface area contributed by atoms with Crippen LogP contribution in [0.4, 0.5) is 0 Å². The van der Waals surface area contributed by atoms with Crippen molar-refractivity contribution in [2.45, 2.75) is 26.7 Å². The Hall–Kier alpha value is 1.40. The van der Waals surface area contributed by atoms with Crippen LogP contribution < -0.4 is 0 Å². The zero-order valence-electron chi connectivity index (χ0n) is 6.54. The Kier molecular flexibility index (Phi) is 42.4. The topological polar surface area (TPSA) is 47.6 Å². The molecule has 0 aromatic rings. The van der Waals surface area contributed by atoms with E-state index in [1.54, 1.807) is 0 Å². The standard InChI is InChI=1S/2C3H8N.Sr/c2*1-2-3-4;/h2*4H,2-3H2,1H3;/q2*-1;+2. The van der Waals surface area contributed by atoms with Crippen molar-refractivity contribution in [2.75, 3.05) is 13.1 Å². The number of nitrogens with one attached hydrogen (secondary N) is 2. The zero-order valence-corrected chi connectivity index (χ0v) is 10.0. The summed E-state index contributed by atoms with van der Waals surface area (Å²) in [7, 11) is 0. The number of rotatable bonds is 2. The molecule has 0 spiro atoms. The smallest absolute Gasteiger partial charge is 0.677 e. The van der Waals surface area contributed by atoms with Crippen molar-refractivity contribution in [3.8, 4) is 0 Å². The normalized spacial score (nSPS) is 6.67. The average molecular weight is 204 g/mol. The Bertz CT molecular complexity index is 19.0. The molecule has 0 aromatic heterocycles. The maximum Gasteiger partial charge on any atom is 2.00 e. The fraction of sp³-hybridized carbons (Fsp3) is 1.00. The zero-order chi connectivity index (χ0) is 6.83. The van der Waals surface area contributed by atoms with Gasteiger partial charge in [-0.15, -0.1) is 0 Å². The monoisotopic (exact) mass is 204 g/mol. The summed E-state index contributed by atoms with van der Waals surface area (Å²) in [6.45, 7) is 5.12. The van der Waals surface area contributed by atoms with Gasteiger partial charge in [-0.05, 0) is 0 Å². The van der Waals surface area contributed by atoms with Gasteiger partial charge in [0.1, 0.15) is 0 Å². The molecule has 0 saturated carbocycles. The van der Waals surface area contributed by atoms with Crippen LogP contribution in [0.3, 0.4) is 0 Å². The molecule has 0 fully saturated rings. The third-order valence-electron chi connectivity index (χ3n) is 0.500. The van der Waals surface area contributed by atoms with Gasteiger partial charge in [-0.1, -0.05) is 26.7 Å². The van der Waals surface area contributed by atoms with Crippen molar-refractivity contribution >= 4 is 45.5 Å². The van der Waals surface area contributed by atoms with Crippen LogP contribution in [0.15, 0.2) is 0 Å². The number of hydrogen-bond donors (Lipinski definition) is 0. The molecule has 0 radical (unpaired) electrons. The van der Waals surface area contributed by atoms with E-state index in [9.17, 15) is 0 Å². The van der Waals surface area contributed by atoms with E-state index in [1.165, 1.54) is 0 Å². The molecule has 0 aromatic carbocycles. The first-order valence-electron chi connectivity index (χ1n) is 3.12. The van der Waals surface area contributed by atoms with Crippen molar-refractivity contribution in [3.63, 3.8) is 0 Å². The minimum absolute atomic E-state index is 0. The summed E-state index contributed by atoms with van der Waals surface area (Å²) in [5.74, 6) is 0. The van der Waals surface area contributed by atoms with Crippen LogP contribution in [-0.4, -0.2) is 58.6 Å². The third-order valence-corrected chi connectivity index (χ3v) is 0.500. The second-order valence-corrected chi connectivity index (χ2v) is 1.50. The summed E-state index contributed by atoms with van der Waals surface area (Å²) in [4.78, 5) is 0. The van der Waals surface area contributed by atoms with E-state index in [0.29, 0.717) is 13.1 Å². The van der Waals surface area contributed by atoms with E-state index >= 15 is 0 Å². The Morgan fingerprint density at radius 1 is 0.889 bits per heavy atom. The summed E-state index contributed by atoms with van der Waals surface area (Å²) >= 11 is 0. The van der Waals surface area contributed by atoms with Crippen molar-refractivity contribution in [1.82, 2.24) is 0 Å². The van der Waals surface area contributed by atoms with Crippen LogP contribution in [-0.2, 0) is 0 Å². The Morgan fingerprint density at radius 3 is 1.00 bits per heavy atom. The van der Waals surface area contributed by atoms with Gasteiger partial charge in [-0.3, -0.25) is 0 Å². The van der Waals surface area contributed by atoms with Crippen LogP contribution in [0.1, 0.15) is 26.7 Å². The molecule has 0 unspecified atom stereocenters. The van der Waals surface area contributed by atoms with E-state index in [0.717, 1.165) is 12.8 Å². The van der Waals surface area contributed by atoms with E-state index in [4.69, 9.17) is 11.5 Å². The van der Waals surface area contributed by atoms with E-state index in [2.05, 4.69) is 0 Å². The SMILES string of the molecule is CCC[NH-].CCC[NH-].[Sr+2]. The molecule has 9 heavy (non-hydrogen) atoms. The molecule has 0 aliphatic heterocycles. The maximum absolute atomic E-state index is 6.45. The Labute approximate surface area is 95.6 Å². The van der Waals surface area contributed by atoms with Gasteiger partial charge in [-0.2, -0.15) is 13.1 Å². The molecule has 0 saturated heterocycles. The molecule has 0 aliphatic rings. The molecular weight excluding hydrogens is 188 g/mol. The first-order chi connectivity index (χ1) is 3.83. The third kappa shape index (κ3) is 44.5. The minimum Gasteiger partial charge on any atom is -0.677 e. The Balaban J connectivity index is -0.0000000720. The van der Waals surface area contributed by atoms with Crippen LogP contribution in [0.5, 0.6) is 0 Å². The van der Waals surface area contributed by atoms with Crippen LogP contribution in [0.2, 0.25) is 0 Å². The van der Waals surface area contributed by atoms with Gasteiger partial charge in [-0.25, -0.2) is 0 Å². The molecule has 52 valence electrons. The molecule has 0 heterocycles.